The van der Waals surface area contributed by atoms with Crippen LogP contribution in [0.1, 0.15) is 25.7 Å². The van der Waals surface area contributed by atoms with E-state index in [4.69, 9.17) is 9.84 Å². The van der Waals surface area contributed by atoms with Crippen molar-refractivity contribution >= 4 is 11.9 Å². The van der Waals surface area contributed by atoms with Crippen molar-refractivity contribution in [2.24, 2.45) is 17.8 Å². The molecule has 114 valence electrons. The highest BCUT2D eigenvalue weighted by Gasteiger charge is 2.53. The number of aliphatic carboxylic acids is 1. The summed E-state index contributed by atoms with van der Waals surface area (Å²) >= 11 is 0. The number of hydrogen-bond donors (Lipinski definition) is 2. The van der Waals surface area contributed by atoms with Gasteiger partial charge in [0.05, 0.1) is 6.54 Å². The Morgan fingerprint density at radius 2 is 2.00 bits per heavy atom. The van der Waals surface area contributed by atoms with Crippen LogP contribution < -0.4 is 5.32 Å². The van der Waals surface area contributed by atoms with Crippen molar-refractivity contribution in [2.75, 3.05) is 6.54 Å². The zero-order valence-electron chi connectivity index (χ0n) is 12.0. The van der Waals surface area contributed by atoms with Gasteiger partial charge in [-0.2, -0.15) is 0 Å². The quantitative estimate of drug-likeness (QED) is 0.609. The first-order chi connectivity index (χ1) is 9.99. The van der Waals surface area contributed by atoms with E-state index < -0.39 is 12.0 Å². The van der Waals surface area contributed by atoms with E-state index in [1.165, 1.54) is 5.57 Å². The lowest BCUT2D eigenvalue weighted by atomic mass is 9.81. The highest BCUT2D eigenvalue weighted by atomic mass is 16.6. The van der Waals surface area contributed by atoms with Gasteiger partial charge in [0.15, 0.2) is 0 Å². The molecule has 3 fully saturated rings. The largest absolute Gasteiger partial charge is 0.480 e. The van der Waals surface area contributed by atoms with Crippen molar-refractivity contribution in [3.05, 3.63) is 24.3 Å². The van der Waals surface area contributed by atoms with Crippen molar-refractivity contribution in [2.45, 2.75) is 37.8 Å². The average Bonchev–Trinajstić information content (AvgIpc) is 2.90. The van der Waals surface area contributed by atoms with Gasteiger partial charge in [-0.1, -0.05) is 24.3 Å². The van der Waals surface area contributed by atoms with Crippen LogP contribution in [0, 0.1) is 17.8 Å². The lowest BCUT2D eigenvalue weighted by Crippen LogP contribution is -2.42. The molecule has 2 saturated carbocycles. The van der Waals surface area contributed by atoms with Gasteiger partial charge in [0, 0.05) is 11.8 Å². The molecular formula is C16H21NO4. The Morgan fingerprint density at radius 3 is 2.71 bits per heavy atom. The maximum atomic E-state index is 12.1. The third kappa shape index (κ3) is 2.39. The zero-order valence-corrected chi connectivity index (χ0v) is 12.0. The molecule has 0 aromatic heterocycles. The van der Waals surface area contributed by atoms with Crippen LogP contribution in [0.4, 0.5) is 0 Å². The summed E-state index contributed by atoms with van der Waals surface area (Å²) < 4.78 is 5.63. The molecule has 3 rings (SSSR count). The molecule has 5 atom stereocenters. The van der Waals surface area contributed by atoms with Crippen LogP contribution in [0.2, 0.25) is 0 Å². The van der Waals surface area contributed by atoms with E-state index in [0.717, 1.165) is 31.3 Å². The minimum Gasteiger partial charge on any atom is -0.480 e. The number of carboxylic acids is 1. The molecule has 1 saturated heterocycles. The first kappa shape index (κ1) is 14.3. The Bertz CT molecular complexity index is 512. The number of fused-ring (bicyclic) bond motifs is 3. The summed E-state index contributed by atoms with van der Waals surface area (Å²) in [5, 5.41) is 11.6. The Morgan fingerprint density at radius 1 is 1.29 bits per heavy atom. The van der Waals surface area contributed by atoms with Crippen molar-refractivity contribution in [3.8, 4) is 0 Å². The lowest BCUT2D eigenvalue weighted by molar-refractivity contribution is -0.144. The van der Waals surface area contributed by atoms with E-state index in [-0.39, 0.29) is 30.5 Å². The first-order valence-corrected chi connectivity index (χ1v) is 7.50. The molecule has 0 amide bonds. The molecule has 5 heteroatoms. The molecule has 2 aliphatic carbocycles. The van der Waals surface area contributed by atoms with Gasteiger partial charge in [-0.25, -0.2) is 0 Å². The fourth-order valence-corrected chi connectivity index (χ4v) is 4.19. The fraction of sp³-hybridized carbons (Fsp3) is 0.625. The van der Waals surface area contributed by atoms with Gasteiger partial charge < -0.3 is 9.84 Å². The van der Waals surface area contributed by atoms with Crippen LogP contribution in [-0.4, -0.2) is 35.7 Å². The van der Waals surface area contributed by atoms with Gasteiger partial charge in [0.25, 0.3) is 0 Å². The molecule has 5 nitrogen and oxygen atoms in total. The summed E-state index contributed by atoms with van der Waals surface area (Å²) in [6.07, 6.45) is 3.51. The molecule has 3 aliphatic rings. The third-order valence-electron chi connectivity index (χ3n) is 5.19. The van der Waals surface area contributed by atoms with Gasteiger partial charge in [-0.05, 0) is 31.6 Å². The standard InChI is InChI=1S/C16H21NO4/c1-8-3-6-11-14(17-7-12(18)19)16(20)21-15(11)13-9(2)4-5-10(8)13/h10-11,13-15,17H,1-7H2,(H,18,19)/t10-,11-,13-,14-,15-/m0/s1. The third-order valence-corrected chi connectivity index (χ3v) is 5.19. The van der Waals surface area contributed by atoms with Gasteiger partial charge in [0.1, 0.15) is 12.1 Å². The number of esters is 1. The number of carbonyl (C=O) groups excluding carboxylic acids is 1. The second kappa shape index (κ2) is 5.30. The second-order valence-electron chi connectivity index (χ2n) is 6.34. The number of nitrogens with one attached hydrogen (secondary N) is 1. The summed E-state index contributed by atoms with van der Waals surface area (Å²) in [6, 6.07) is -0.522. The van der Waals surface area contributed by atoms with E-state index in [1.807, 2.05) is 0 Å². The average molecular weight is 291 g/mol. The maximum absolute atomic E-state index is 12.1. The SMILES string of the molecule is C=C1CC[C@H]2C(=C)CC[C@@H]3[C@H](OC(=O)[C@H]3NCC(=O)O)[C@@H]12. The molecule has 21 heavy (non-hydrogen) atoms. The summed E-state index contributed by atoms with van der Waals surface area (Å²) in [5.41, 5.74) is 2.37. The van der Waals surface area contributed by atoms with Crippen LogP contribution in [-0.2, 0) is 14.3 Å². The van der Waals surface area contributed by atoms with Crippen LogP contribution >= 0.6 is 0 Å². The number of allylic oxidation sites excluding steroid dienone is 1. The molecule has 0 aromatic rings. The Kier molecular flexibility index (Phi) is 3.61. The molecular weight excluding hydrogens is 270 g/mol. The summed E-state index contributed by atoms with van der Waals surface area (Å²) in [6.45, 7) is 8.13. The van der Waals surface area contributed by atoms with Crippen LogP contribution in [0.15, 0.2) is 24.3 Å². The van der Waals surface area contributed by atoms with E-state index in [2.05, 4.69) is 18.5 Å². The Hall–Kier alpha value is -1.62. The van der Waals surface area contributed by atoms with Crippen LogP contribution in [0.5, 0.6) is 0 Å². The summed E-state index contributed by atoms with van der Waals surface area (Å²) in [5.74, 6) is -0.757. The van der Waals surface area contributed by atoms with E-state index in [0.29, 0.717) is 5.92 Å². The fourth-order valence-electron chi connectivity index (χ4n) is 4.19. The van der Waals surface area contributed by atoms with Gasteiger partial charge in [-0.15, -0.1) is 0 Å². The zero-order chi connectivity index (χ0) is 15.1. The van der Waals surface area contributed by atoms with E-state index in [1.54, 1.807) is 0 Å². The Balaban J connectivity index is 1.84. The van der Waals surface area contributed by atoms with E-state index in [9.17, 15) is 9.59 Å². The minimum absolute atomic E-state index is 0.0125. The monoisotopic (exact) mass is 291 g/mol. The van der Waals surface area contributed by atoms with Gasteiger partial charge in [-0.3, -0.25) is 14.9 Å². The lowest BCUT2D eigenvalue weighted by Gasteiger charge is -2.26. The van der Waals surface area contributed by atoms with Crippen LogP contribution in [0.3, 0.4) is 0 Å². The molecule has 2 N–H and O–H groups in total. The minimum atomic E-state index is -0.965. The summed E-state index contributed by atoms with van der Waals surface area (Å²) in [4.78, 5) is 22.8. The highest BCUT2D eigenvalue weighted by molar-refractivity contribution is 5.80. The Labute approximate surface area is 124 Å². The maximum Gasteiger partial charge on any atom is 0.323 e. The second-order valence-corrected chi connectivity index (χ2v) is 6.34. The number of carbonyl (C=O) groups is 2. The molecule has 1 heterocycles. The van der Waals surface area contributed by atoms with Crippen molar-refractivity contribution < 1.29 is 19.4 Å². The normalized spacial score (nSPS) is 38.7. The van der Waals surface area contributed by atoms with Crippen LogP contribution in [0.25, 0.3) is 0 Å². The molecule has 0 aromatic carbocycles. The van der Waals surface area contributed by atoms with Gasteiger partial charge >= 0.3 is 11.9 Å². The highest BCUT2D eigenvalue weighted by Crippen LogP contribution is 2.50. The number of hydrogen-bond acceptors (Lipinski definition) is 4. The predicted molar refractivity (Wildman–Crippen MR) is 76.5 cm³/mol. The smallest absolute Gasteiger partial charge is 0.323 e. The number of ether oxygens (including phenoxy) is 1. The molecule has 0 unspecified atom stereocenters. The molecule has 0 bridgehead atoms. The molecule has 0 radical (unpaired) electrons. The number of carboxylic acid groups (broad SMARTS) is 1. The van der Waals surface area contributed by atoms with Crippen molar-refractivity contribution in [1.82, 2.24) is 5.32 Å². The number of rotatable bonds is 3. The molecule has 0 spiro atoms. The predicted octanol–water partition coefficient (Wildman–Crippen LogP) is 1.50. The summed E-state index contributed by atoms with van der Waals surface area (Å²) in [7, 11) is 0. The topological polar surface area (TPSA) is 75.6 Å². The van der Waals surface area contributed by atoms with Gasteiger partial charge in [0.2, 0.25) is 0 Å². The van der Waals surface area contributed by atoms with Crippen molar-refractivity contribution in [3.63, 3.8) is 0 Å². The van der Waals surface area contributed by atoms with E-state index >= 15 is 0 Å². The first-order valence-electron chi connectivity index (χ1n) is 7.50. The molecule has 1 aliphatic heterocycles. The van der Waals surface area contributed by atoms with Crippen molar-refractivity contribution in [1.29, 1.82) is 0 Å².